The molecule has 0 saturated carbocycles. The van der Waals surface area contributed by atoms with Crippen LogP contribution in [-0.4, -0.2) is 17.9 Å². The number of unbranched alkanes of at least 4 members (excludes halogenated alkanes) is 31. The van der Waals surface area contributed by atoms with Gasteiger partial charge in [0.2, 0.25) is 0 Å². The first kappa shape index (κ1) is 46.0. The lowest BCUT2D eigenvalue weighted by Crippen LogP contribution is -2.41. The van der Waals surface area contributed by atoms with Crippen molar-refractivity contribution in [1.29, 1.82) is 0 Å². The lowest BCUT2D eigenvalue weighted by molar-refractivity contribution is -0.145. The third kappa shape index (κ3) is 27.5. The van der Waals surface area contributed by atoms with Crippen molar-refractivity contribution >= 4 is 17.9 Å². The Morgan fingerprint density at radius 1 is 0.340 bits per heavy atom. The Balaban J connectivity index is 4.47. The van der Waals surface area contributed by atoms with E-state index in [-0.39, 0.29) is 11.6 Å². The van der Waals surface area contributed by atoms with Gasteiger partial charge in [-0.2, -0.15) is 0 Å². The molecule has 0 aliphatic carbocycles. The van der Waals surface area contributed by atoms with Crippen molar-refractivity contribution in [1.82, 2.24) is 0 Å². The molecule has 0 aromatic heterocycles. The number of aldehydes is 1. The second-order valence-electron chi connectivity index (χ2n) is 15.1. The van der Waals surface area contributed by atoms with Gasteiger partial charge in [0, 0.05) is 12.8 Å². The maximum absolute atomic E-state index is 13.6. The van der Waals surface area contributed by atoms with E-state index in [2.05, 4.69) is 20.8 Å². The molecule has 0 saturated heterocycles. The predicted octanol–water partition coefficient (Wildman–Crippen LogP) is 14.8. The SMILES string of the molecule is CCCCCCCCCCCCCCCC(=O)C(C=O)(CCCCCCCCCC)C(=O)CCCCCCCCCCCCCCC. The maximum Gasteiger partial charge on any atom is 0.153 e. The fourth-order valence-corrected chi connectivity index (χ4v) is 7.22. The van der Waals surface area contributed by atoms with Gasteiger partial charge in [0.25, 0.3) is 0 Å². The van der Waals surface area contributed by atoms with E-state index < -0.39 is 5.41 Å². The van der Waals surface area contributed by atoms with Crippen LogP contribution in [0.25, 0.3) is 0 Å². The van der Waals surface area contributed by atoms with Gasteiger partial charge in [-0.15, -0.1) is 0 Å². The van der Waals surface area contributed by atoms with Crippen LogP contribution in [0.4, 0.5) is 0 Å². The van der Waals surface area contributed by atoms with Crippen LogP contribution >= 0.6 is 0 Å². The number of carbonyl (C=O) groups is 3. The number of Topliss-reactive ketones (excluding diaryl/α,β-unsaturated/α-hetero) is 2. The maximum atomic E-state index is 13.6. The highest BCUT2D eigenvalue weighted by molar-refractivity contribution is 6.18. The Kier molecular flexibility index (Phi) is 35.5. The minimum Gasteiger partial charge on any atom is -0.302 e. The summed E-state index contributed by atoms with van der Waals surface area (Å²) in [5, 5.41) is 0. The molecule has 3 nitrogen and oxygen atoms in total. The molecule has 0 amide bonds. The van der Waals surface area contributed by atoms with E-state index in [0.717, 1.165) is 64.1 Å². The van der Waals surface area contributed by atoms with E-state index in [0.29, 0.717) is 19.3 Å². The molecule has 0 radical (unpaired) electrons. The second kappa shape index (κ2) is 36.3. The van der Waals surface area contributed by atoms with Gasteiger partial charge < -0.3 is 4.79 Å². The molecule has 0 aliphatic rings. The van der Waals surface area contributed by atoms with Crippen molar-refractivity contribution in [2.75, 3.05) is 0 Å². The van der Waals surface area contributed by atoms with Gasteiger partial charge in [-0.1, -0.05) is 226 Å². The Hall–Kier alpha value is -0.990. The normalized spacial score (nSPS) is 11.7. The molecule has 0 aliphatic heterocycles. The van der Waals surface area contributed by atoms with Gasteiger partial charge in [0.15, 0.2) is 11.6 Å². The van der Waals surface area contributed by atoms with Crippen molar-refractivity contribution in [3.63, 3.8) is 0 Å². The van der Waals surface area contributed by atoms with E-state index in [1.165, 1.54) is 161 Å². The zero-order valence-electron chi connectivity index (χ0n) is 32.5. The Morgan fingerprint density at radius 2 is 0.553 bits per heavy atom. The quantitative estimate of drug-likeness (QED) is 0.0373. The van der Waals surface area contributed by atoms with Crippen LogP contribution in [-0.2, 0) is 14.4 Å². The second-order valence-corrected chi connectivity index (χ2v) is 15.1. The van der Waals surface area contributed by atoms with Gasteiger partial charge in [-0.3, -0.25) is 9.59 Å². The van der Waals surface area contributed by atoms with Crippen molar-refractivity contribution in [2.45, 2.75) is 258 Å². The molecule has 0 spiro atoms. The highest BCUT2D eigenvalue weighted by Crippen LogP contribution is 2.31. The van der Waals surface area contributed by atoms with Gasteiger partial charge in [-0.05, 0) is 19.3 Å². The summed E-state index contributed by atoms with van der Waals surface area (Å²) in [6.07, 6.45) is 44.2. The lowest BCUT2D eigenvalue weighted by atomic mass is 9.73. The van der Waals surface area contributed by atoms with Crippen molar-refractivity contribution < 1.29 is 14.4 Å². The minimum absolute atomic E-state index is 0.0850. The molecule has 0 aromatic carbocycles. The summed E-state index contributed by atoms with van der Waals surface area (Å²) in [6, 6.07) is 0. The molecule has 0 rings (SSSR count). The van der Waals surface area contributed by atoms with Crippen LogP contribution in [0, 0.1) is 5.41 Å². The van der Waals surface area contributed by atoms with Crippen LogP contribution in [0.1, 0.15) is 258 Å². The molecule has 0 N–H and O–H groups in total. The monoisotopic (exact) mass is 661 g/mol. The van der Waals surface area contributed by atoms with Crippen LogP contribution in [0.15, 0.2) is 0 Å². The summed E-state index contributed by atoms with van der Waals surface area (Å²) in [5.74, 6) is -0.170. The molecule has 0 fully saturated rings. The zero-order chi connectivity index (χ0) is 34.5. The molecule has 278 valence electrons. The summed E-state index contributed by atoms with van der Waals surface area (Å²) >= 11 is 0. The minimum atomic E-state index is -1.38. The molecule has 47 heavy (non-hydrogen) atoms. The number of hydrogen-bond donors (Lipinski definition) is 0. The van der Waals surface area contributed by atoms with Gasteiger partial charge >= 0.3 is 0 Å². The summed E-state index contributed by atoms with van der Waals surface area (Å²) in [6.45, 7) is 6.78. The first-order valence-corrected chi connectivity index (χ1v) is 21.6. The largest absolute Gasteiger partial charge is 0.302 e. The first-order valence-electron chi connectivity index (χ1n) is 21.6. The summed E-state index contributed by atoms with van der Waals surface area (Å²) in [5.41, 5.74) is -1.38. The van der Waals surface area contributed by atoms with Crippen LogP contribution in [0.2, 0.25) is 0 Å². The number of hydrogen-bond acceptors (Lipinski definition) is 3. The first-order chi connectivity index (χ1) is 23.1. The average Bonchev–Trinajstić information content (AvgIpc) is 3.08. The molecule has 0 unspecified atom stereocenters. The van der Waals surface area contributed by atoms with E-state index in [1.807, 2.05) is 0 Å². The highest BCUT2D eigenvalue weighted by Gasteiger charge is 2.43. The Labute approximate surface area is 295 Å². The summed E-state index contributed by atoms with van der Waals surface area (Å²) in [4.78, 5) is 39.7. The van der Waals surface area contributed by atoms with Crippen LogP contribution in [0.3, 0.4) is 0 Å². The number of rotatable bonds is 40. The van der Waals surface area contributed by atoms with E-state index in [1.54, 1.807) is 0 Å². The average molecular weight is 661 g/mol. The molecule has 3 heteroatoms. The fourth-order valence-electron chi connectivity index (χ4n) is 7.22. The lowest BCUT2D eigenvalue weighted by Gasteiger charge is -2.25. The Morgan fingerprint density at radius 3 is 0.787 bits per heavy atom. The van der Waals surface area contributed by atoms with Crippen molar-refractivity contribution in [3.05, 3.63) is 0 Å². The van der Waals surface area contributed by atoms with Crippen molar-refractivity contribution in [3.8, 4) is 0 Å². The standard InChI is InChI=1S/C44H84O3/c1-4-7-10-13-16-19-21-23-25-27-29-32-35-38-42(46)44(41-45,40-37-34-31-18-15-12-9-6-3)43(47)39-36-33-30-28-26-24-22-20-17-14-11-8-5-2/h41H,4-40H2,1-3H3. The molecule has 0 bridgehead atoms. The topological polar surface area (TPSA) is 51.2 Å². The number of carbonyl (C=O) groups excluding carboxylic acids is 3. The molecule has 0 aromatic rings. The third-order valence-electron chi connectivity index (χ3n) is 10.6. The molecule has 0 heterocycles. The molecular formula is C44H84O3. The van der Waals surface area contributed by atoms with Gasteiger partial charge in [-0.25, -0.2) is 0 Å². The van der Waals surface area contributed by atoms with Gasteiger partial charge in [0.05, 0.1) is 0 Å². The third-order valence-corrected chi connectivity index (χ3v) is 10.6. The fraction of sp³-hybridized carbons (Fsp3) is 0.932. The van der Waals surface area contributed by atoms with E-state index in [9.17, 15) is 14.4 Å². The van der Waals surface area contributed by atoms with Gasteiger partial charge in [0.1, 0.15) is 11.7 Å². The smallest absolute Gasteiger partial charge is 0.153 e. The number of ketones is 2. The summed E-state index contributed by atoms with van der Waals surface area (Å²) in [7, 11) is 0. The van der Waals surface area contributed by atoms with E-state index in [4.69, 9.17) is 0 Å². The predicted molar refractivity (Wildman–Crippen MR) is 206 cm³/mol. The summed E-state index contributed by atoms with van der Waals surface area (Å²) < 4.78 is 0. The van der Waals surface area contributed by atoms with Crippen LogP contribution in [0.5, 0.6) is 0 Å². The Bertz CT molecular complexity index is 642. The van der Waals surface area contributed by atoms with Crippen LogP contribution < -0.4 is 0 Å². The van der Waals surface area contributed by atoms with Crippen molar-refractivity contribution in [2.24, 2.45) is 5.41 Å². The van der Waals surface area contributed by atoms with E-state index >= 15 is 0 Å². The zero-order valence-corrected chi connectivity index (χ0v) is 32.5. The molecule has 0 atom stereocenters. The highest BCUT2D eigenvalue weighted by atomic mass is 16.2. The molecular weight excluding hydrogens is 576 g/mol.